The molecule has 3 rings (SSSR count). The molecular weight excluding hydrogens is 677 g/mol. The van der Waals surface area contributed by atoms with E-state index in [-0.39, 0.29) is 23.6 Å². The van der Waals surface area contributed by atoms with Gasteiger partial charge in [-0.05, 0) is 13.8 Å². The minimum Gasteiger partial charge on any atom is -0.383 e. The fraction of sp³-hybridized carbons (Fsp3) is 0.579. The first-order valence-corrected chi connectivity index (χ1v) is 18.8. The Labute approximate surface area is 253 Å². The van der Waals surface area contributed by atoms with Crippen LogP contribution in [0.2, 0.25) is 0 Å². The molecule has 0 amide bonds. The van der Waals surface area contributed by atoms with Crippen molar-refractivity contribution in [1.29, 1.82) is 0 Å². The first-order chi connectivity index (χ1) is 20.0. The van der Waals surface area contributed by atoms with E-state index in [1.165, 1.54) is 17.1 Å². The van der Waals surface area contributed by atoms with Gasteiger partial charge in [-0.3, -0.25) is 9.36 Å². The normalized spacial score (nSPS) is 22.2. The van der Waals surface area contributed by atoms with Gasteiger partial charge in [-0.25, -0.2) is 29.6 Å². The Morgan fingerprint density at radius 2 is 1.91 bits per heavy atom. The molecule has 2 aromatic rings. The van der Waals surface area contributed by atoms with Crippen molar-refractivity contribution < 1.29 is 60.7 Å². The van der Waals surface area contributed by atoms with Gasteiger partial charge in [0.15, 0.2) is 0 Å². The van der Waals surface area contributed by atoms with Crippen molar-refractivity contribution in [2.24, 2.45) is 11.6 Å². The largest absolute Gasteiger partial charge is 0.490 e. The van der Waals surface area contributed by atoms with Gasteiger partial charge in [-0.2, -0.15) is 8.62 Å². The zero-order valence-corrected chi connectivity index (χ0v) is 26.9. The molecule has 2 unspecified atom stereocenters. The average molecular weight is 709 g/mol. The molecule has 0 spiro atoms. The molecule has 10 N–H and O–H groups in total. The maximum Gasteiger partial charge on any atom is 0.490 e. The van der Waals surface area contributed by atoms with Gasteiger partial charge in [0, 0.05) is 23.9 Å². The first kappa shape index (κ1) is 36.4. The minimum absolute atomic E-state index is 0.0820. The molecule has 1 aliphatic heterocycles. The number of nitrogens with two attached hydrogens (primary N) is 3. The van der Waals surface area contributed by atoms with E-state index in [0.29, 0.717) is 29.1 Å². The molecule has 242 valence electrons. The molecule has 3 heterocycles. The molecule has 2 aromatic heterocycles. The summed E-state index contributed by atoms with van der Waals surface area (Å²) in [4.78, 5) is 49.6. The highest BCUT2D eigenvalue weighted by molar-refractivity contribution is 8.77. The standard InChI is InChI=1S/C19H31N6O13P3S2/c1-19(2,9-20)43-42-11-33-5-3-4-12-7-25(18-16(12)17(21)23-10-24-18)15-6-13(36-22)14(35-15)8-34-40(29,30)38-41(31,32)37-39(26,27)28/h7,10,13-15H,5-6,8-9,11,20,22H2,1-2H3,(H,29,30)(H,31,32)(H2,21,23,24)(H2,26,27,28)/t13-,14-,15-/m1/s1. The first-order valence-electron chi connectivity index (χ1n) is 11.9. The molecule has 24 heteroatoms. The lowest BCUT2D eigenvalue weighted by Gasteiger charge is -2.20. The van der Waals surface area contributed by atoms with Gasteiger partial charge in [0.25, 0.3) is 0 Å². The monoisotopic (exact) mass is 708 g/mol. The van der Waals surface area contributed by atoms with Crippen molar-refractivity contribution >= 4 is 61.9 Å². The SMILES string of the molecule is CC(C)(CN)SSCOCC#Cc1cn([C@H]2C[C@@H](ON)[C@@H](COP(=O)(O)OP(=O)(O)OP(=O)(O)O)O2)c2ncnc(N)c12. The van der Waals surface area contributed by atoms with Gasteiger partial charge in [0.2, 0.25) is 0 Å². The van der Waals surface area contributed by atoms with Crippen LogP contribution < -0.4 is 17.4 Å². The second-order valence-corrected chi connectivity index (χ2v) is 16.6. The number of rotatable bonds is 15. The number of fused-ring (bicyclic) bond motifs is 1. The number of aromatic nitrogens is 3. The van der Waals surface area contributed by atoms with E-state index in [1.807, 2.05) is 13.8 Å². The van der Waals surface area contributed by atoms with Crippen LogP contribution in [0.4, 0.5) is 5.82 Å². The molecular formula is C19H31N6O13P3S2. The number of ether oxygens (including phenoxy) is 2. The number of nitrogen functional groups attached to an aromatic ring is 1. The summed E-state index contributed by atoms with van der Waals surface area (Å²) in [5.74, 6) is 11.8. The van der Waals surface area contributed by atoms with E-state index >= 15 is 0 Å². The van der Waals surface area contributed by atoms with E-state index in [4.69, 9.17) is 41.5 Å². The maximum absolute atomic E-state index is 12.1. The van der Waals surface area contributed by atoms with Gasteiger partial charge < -0.3 is 45.1 Å². The van der Waals surface area contributed by atoms with Crippen LogP contribution in [0.5, 0.6) is 0 Å². The second kappa shape index (κ2) is 15.0. The number of hydrogen-bond acceptors (Lipinski definition) is 16. The summed E-state index contributed by atoms with van der Waals surface area (Å²) in [5, 5.41) is 0.440. The van der Waals surface area contributed by atoms with Crippen molar-refractivity contribution in [3.8, 4) is 11.8 Å². The summed E-state index contributed by atoms with van der Waals surface area (Å²) in [6.45, 7) is 3.95. The van der Waals surface area contributed by atoms with Gasteiger partial charge in [-0.1, -0.05) is 33.4 Å². The van der Waals surface area contributed by atoms with Gasteiger partial charge in [-0.15, -0.1) is 0 Å². The lowest BCUT2D eigenvalue weighted by Crippen LogP contribution is -2.31. The third-order valence-electron chi connectivity index (χ3n) is 5.43. The van der Waals surface area contributed by atoms with E-state index in [9.17, 15) is 23.5 Å². The lowest BCUT2D eigenvalue weighted by atomic mass is 10.2. The van der Waals surface area contributed by atoms with E-state index in [1.54, 1.807) is 21.6 Å². The number of nitrogens with zero attached hydrogens (tertiary/aromatic N) is 3. The number of phosphoric ester groups is 1. The van der Waals surface area contributed by atoms with Crippen LogP contribution in [0.15, 0.2) is 12.5 Å². The van der Waals surface area contributed by atoms with Crippen LogP contribution >= 0.6 is 45.1 Å². The van der Waals surface area contributed by atoms with E-state index < -0.39 is 48.5 Å². The summed E-state index contributed by atoms with van der Waals surface area (Å²) in [6.07, 6.45) is 0.0605. The van der Waals surface area contributed by atoms with E-state index in [0.717, 1.165) is 0 Å². The fourth-order valence-corrected chi connectivity index (χ4v) is 8.66. The molecule has 1 fully saturated rings. The summed E-state index contributed by atoms with van der Waals surface area (Å²) in [5.41, 5.74) is 12.6. The van der Waals surface area contributed by atoms with Crippen LogP contribution in [0.25, 0.3) is 11.0 Å². The van der Waals surface area contributed by atoms with Crippen LogP contribution in [0.3, 0.4) is 0 Å². The average Bonchev–Trinajstić information content (AvgIpc) is 3.46. The molecule has 1 aliphatic rings. The molecule has 0 bridgehead atoms. The highest BCUT2D eigenvalue weighted by Gasteiger charge is 2.43. The summed E-state index contributed by atoms with van der Waals surface area (Å²) < 4.78 is 59.5. The fourth-order valence-electron chi connectivity index (χ4n) is 3.53. The second-order valence-electron chi connectivity index (χ2n) is 9.27. The summed E-state index contributed by atoms with van der Waals surface area (Å²) >= 11 is 0. The lowest BCUT2D eigenvalue weighted by molar-refractivity contribution is -0.0599. The van der Waals surface area contributed by atoms with E-state index in [2.05, 4.69) is 35.0 Å². The molecule has 0 aromatic carbocycles. The van der Waals surface area contributed by atoms with Gasteiger partial charge >= 0.3 is 23.5 Å². The van der Waals surface area contributed by atoms with Crippen molar-refractivity contribution in [3.63, 3.8) is 0 Å². The van der Waals surface area contributed by atoms with Crippen LogP contribution in [0, 0.1) is 11.8 Å². The molecule has 43 heavy (non-hydrogen) atoms. The van der Waals surface area contributed by atoms with Crippen LogP contribution in [0.1, 0.15) is 32.1 Å². The van der Waals surface area contributed by atoms with Crippen molar-refractivity contribution in [1.82, 2.24) is 14.5 Å². The predicted molar refractivity (Wildman–Crippen MR) is 155 cm³/mol. The Bertz CT molecular complexity index is 1480. The number of anilines is 1. The van der Waals surface area contributed by atoms with Gasteiger partial charge in [0.05, 0.1) is 17.6 Å². The molecule has 5 atom stereocenters. The van der Waals surface area contributed by atoms with Crippen LogP contribution in [-0.4, -0.2) is 76.8 Å². The van der Waals surface area contributed by atoms with Crippen molar-refractivity contribution in [2.75, 3.05) is 31.4 Å². The maximum atomic E-state index is 12.1. The Hall–Kier alpha value is -1.11. The molecule has 1 saturated heterocycles. The van der Waals surface area contributed by atoms with Crippen molar-refractivity contribution in [2.45, 2.75) is 43.5 Å². The third kappa shape index (κ3) is 11.0. The third-order valence-corrected chi connectivity index (χ3v) is 12.2. The number of hydrogen-bond donors (Lipinski definition) is 7. The minimum atomic E-state index is -5.69. The summed E-state index contributed by atoms with van der Waals surface area (Å²) in [6, 6.07) is 0. The topological polar surface area (TPSA) is 296 Å². The van der Waals surface area contributed by atoms with Crippen molar-refractivity contribution in [3.05, 3.63) is 18.1 Å². The zero-order valence-electron chi connectivity index (χ0n) is 22.6. The zero-order chi connectivity index (χ0) is 32.1. The Morgan fingerprint density at radius 3 is 2.56 bits per heavy atom. The Morgan fingerprint density at radius 1 is 1.19 bits per heavy atom. The quantitative estimate of drug-likeness (QED) is 0.0343. The number of phosphoric acid groups is 3. The Kier molecular flexibility index (Phi) is 12.7. The summed E-state index contributed by atoms with van der Waals surface area (Å²) in [7, 11) is -13.5. The van der Waals surface area contributed by atoms with Gasteiger partial charge in [0.1, 0.15) is 48.8 Å². The molecule has 19 nitrogen and oxygen atoms in total. The molecule has 0 saturated carbocycles. The molecule has 0 radical (unpaired) electrons. The highest BCUT2D eigenvalue weighted by Crippen LogP contribution is 2.66. The molecule has 0 aliphatic carbocycles. The highest BCUT2D eigenvalue weighted by atomic mass is 33.1. The smallest absolute Gasteiger partial charge is 0.383 e. The van der Waals surface area contributed by atoms with Crippen LogP contribution in [-0.2, 0) is 41.2 Å². The Balaban J connectivity index is 1.69. The predicted octanol–water partition coefficient (Wildman–Crippen LogP) is 1.35.